The fourth-order valence-electron chi connectivity index (χ4n) is 3.13. The van der Waals surface area contributed by atoms with Crippen LogP contribution in [0.4, 0.5) is 4.79 Å². The number of hydrogen-bond donors (Lipinski definition) is 2. The SMILES string of the molecule is COCCNC(=O)NC(=O)CN1CCC[C@@H]1c1cc(OC)ccc1OC. The van der Waals surface area contributed by atoms with E-state index in [0.717, 1.165) is 36.4 Å². The molecule has 0 aliphatic carbocycles. The highest BCUT2D eigenvalue weighted by Gasteiger charge is 2.30. The summed E-state index contributed by atoms with van der Waals surface area (Å²) in [7, 11) is 4.79. The summed E-state index contributed by atoms with van der Waals surface area (Å²) in [5, 5.41) is 4.91. The second kappa shape index (κ2) is 9.98. The molecule has 1 heterocycles. The van der Waals surface area contributed by atoms with Crippen molar-refractivity contribution in [1.29, 1.82) is 0 Å². The van der Waals surface area contributed by atoms with E-state index in [1.165, 1.54) is 0 Å². The van der Waals surface area contributed by atoms with Gasteiger partial charge in [-0.15, -0.1) is 0 Å². The monoisotopic (exact) mass is 365 g/mol. The van der Waals surface area contributed by atoms with E-state index in [-0.39, 0.29) is 18.5 Å². The van der Waals surface area contributed by atoms with Crippen LogP contribution in [0.5, 0.6) is 11.5 Å². The average Bonchev–Trinajstić information content (AvgIpc) is 3.09. The number of rotatable bonds is 8. The first-order valence-electron chi connectivity index (χ1n) is 8.61. The summed E-state index contributed by atoms with van der Waals surface area (Å²) in [4.78, 5) is 25.9. The molecular weight excluding hydrogens is 338 g/mol. The normalized spacial score (nSPS) is 17.0. The van der Waals surface area contributed by atoms with Crippen LogP contribution in [-0.2, 0) is 9.53 Å². The number of carbonyl (C=O) groups excluding carboxylic acids is 2. The Morgan fingerprint density at radius 3 is 2.73 bits per heavy atom. The van der Waals surface area contributed by atoms with Crippen molar-refractivity contribution in [2.24, 2.45) is 0 Å². The van der Waals surface area contributed by atoms with Gasteiger partial charge in [-0.25, -0.2) is 4.79 Å². The van der Waals surface area contributed by atoms with Crippen LogP contribution in [0.15, 0.2) is 18.2 Å². The molecule has 1 aromatic rings. The summed E-state index contributed by atoms with van der Waals surface area (Å²) in [6, 6.07) is 5.19. The lowest BCUT2D eigenvalue weighted by atomic mass is 10.0. The van der Waals surface area contributed by atoms with Gasteiger partial charge in [0.15, 0.2) is 0 Å². The molecule has 2 rings (SSSR count). The number of benzene rings is 1. The van der Waals surface area contributed by atoms with Crippen LogP contribution >= 0.6 is 0 Å². The minimum absolute atomic E-state index is 0.0438. The van der Waals surface area contributed by atoms with Crippen molar-refractivity contribution in [3.05, 3.63) is 23.8 Å². The van der Waals surface area contributed by atoms with Crippen molar-refractivity contribution < 1.29 is 23.8 Å². The molecule has 0 saturated carbocycles. The van der Waals surface area contributed by atoms with Crippen molar-refractivity contribution in [3.8, 4) is 11.5 Å². The zero-order valence-corrected chi connectivity index (χ0v) is 15.5. The maximum Gasteiger partial charge on any atom is 0.321 e. The number of likely N-dealkylation sites (tertiary alicyclic amines) is 1. The first-order chi connectivity index (χ1) is 12.6. The summed E-state index contributed by atoms with van der Waals surface area (Å²) in [5.41, 5.74) is 0.988. The van der Waals surface area contributed by atoms with Gasteiger partial charge < -0.3 is 19.5 Å². The second-order valence-corrected chi connectivity index (χ2v) is 6.03. The largest absolute Gasteiger partial charge is 0.497 e. The molecule has 1 saturated heterocycles. The third-order valence-electron chi connectivity index (χ3n) is 4.35. The van der Waals surface area contributed by atoms with Gasteiger partial charge in [-0.1, -0.05) is 0 Å². The first-order valence-corrected chi connectivity index (χ1v) is 8.61. The fourth-order valence-corrected chi connectivity index (χ4v) is 3.13. The Bertz CT molecular complexity index is 623. The molecule has 0 aromatic heterocycles. The van der Waals surface area contributed by atoms with E-state index in [4.69, 9.17) is 14.2 Å². The molecule has 1 aliphatic heterocycles. The maximum absolute atomic E-state index is 12.2. The van der Waals surface area contributed by atoms with Crippen LogP contribution in [0.1, 0.15) is 24.4 Å². The quantitative estimate of drug-likeness (QED) is 0.676. The minimum atomic E-state index is -0.512. The maximum atomic E-state index is 12.2. The van der Waals surface area contributed by atoms with Gasteiger partial charge in [0.25, 0.3) is 0 Å². The summed E-state index contributed by atoms with van der Waals surface area (Å²) in [6.45, 7) is 1.67. The number of nitrogens with zero attached hydrogens (tertiary/aromatic N) is 1. The average molecular weight is 365 g/mol. The molecule has 0 bridgehead atoms. The van der Waals surface area contributed by atoms with Crippen LogP contribution < -0.4 is 20.1 Å². The number of hydrogen-bond acceptors (Lipinski definition) is 6. The molecule has 1 atom stereocenters. The van der Waals surface area contributed by atoms with E-state index in [0.29, 0.717) is 13.2 Å². The van der Waals surface area contributed by atoms with Crippen LogP contribution in [-0.4, -0.2) is 64.4 Å². The Morgan fingerprint density at radius 2 is 2.04 bits per heavy atom. The predicted molar refractivity (Wildman–Crippen MR) is 96.5 cm³/mol. The van der Waals surface area contributed by atoms with Gasteiger partial charge in [-0.05, 0) is 37.6 Å². The number of carbonyl (C=O) groups is 2. The lowest BCUT2D eigenvalue weighted by molar-refractivity contribution is -0.121. The molecular formula is C18H27N3O5. The van der Waals surface area contributed by atoms with E-state index in [1.807, 2.05) is 18.2 Å². The highest BCUT2D eigenvalue weighted by molar-refractivity contribution is 5.95. The zero-order chi connectivity index (χ0) is 18.9. The third kappa shape index (κ3) is 5.34. The summed E-state index contributed by atoms with van der Waals surface area (Å²) >= 11 is 0. The number of methoxy groups -OCH3 is 3. The third-order valence-corrected chi connectivity index (χ3v) is 4.35. The Morgan fingerprint density at radius 1 is 1.23 bits per heavy atom. The highest BCUT2D eigenvalue weighted by Crippen LogP contribution is 2.38. The summed E-state index contributed by atoms with van der Waals surface area (Å²) in [5.74, 6) is 1.17. The number of urea groups is 1. The van der Waals surface area contributed by atoms with Gasteiger partial charge in [-0.3, -0.25) is 15.0 Å². The smallest absolute Gasteiger partial charge is 0.321 e. The van der Waals surface area contributed by atoms with E-state index < -0.39 is 6.03 Å². The molecule has 3 amide bonds. The van der Waals surface area contributed by atoms with Crippen molar-refractivity contribution >= 4 is 11.9 Å². The van der Waals surface area contributed by atoms with Gasteiger partial charge in [0, 0.05) is 25.3 Å². The second-order valence-electron chi connectivity index (χ2n) is 6.03. The van der Waals surface area contributed by atoms with Gasteiger partial charge >= 0.3 is 6.03 Å². The first kappa shape index (κ1) is 20.0. The van der Waals surface area contributed by atoms with E-state index in [9.17, 15) is 9.59 Å². The van der Waals surface area contributed by atoms with E-state index in [1.54, 1.807) is 21.3 Å². The zero-order valence-electron chi connectivity index (χ0n) is 15.5. The van der Waals surface area contributed by atoms with Gasteiger partial charge in [0.1, 0.15) is 11.5 Å². The van der Waals surface area contributed by atoms with Gasteiger partial charge in [0.05, 0.1) is 27.4 Å². The number of nitrogens with one attached hydrogen (secondary N) is 2. The van der Waals surface area contributed by atoms with Crippen LogP contribution in [0.2, 0.25) is 0 Å². The lowest BCUT2D eigenvalue weighted by Gasteiger charge is -2.25. The molecule has 1 fully saturated rings. The van der Waals surface area contributed by atoms with Crippen molar-refractivity contribution in [2.75, 3.05) is 47.6 Å². The van der Waals surface area contributed by atoms with Crippen molar-refractivity contribution in [2.45, 2.75) is 18.9 Å². The van der Waals surface area contributed by atoms with Gasteiger partial charge in [0.2, 0.25) is 5.91 Å². The minimum Gasteiger partial charge on any atom is -0.497 e. The Hall–Kier alpha value is -2.32. The Kier molecular flexibility index (Phi) is 7.68. The molecule has 1 aromatic carbocycles. The summed E-state index contributed by atoms with van der Waals surface area (Å²) < 4.78 is 15.6. The lowest BCUT2D eigenvalue weighted by Crippen LogP contribution is -2.45. The Labute approximate surface area is 153 Å². The number of amides is 3. The molecule has 1 aliphatic rings. The highest BCUT2D eigenvalue weighted by atomic mass is 16.5. The Balaban J connectivity index is 1.99. The number of ether oxygens (including phenoxy) is 3. The molecule has 0 spiro atoms. The molecule has 144 valence electrons. The molecule has 8 heteroatoms. The van der Waals surface area contributed by atoms with Crippen LogP contribution in [0.3, 0.4) is 0 Å². The van der Waals surface area contributed by atoms with E-state index >= 15 is 0 Å². The van der Waals surface area contributed by atoms with Gasteiger partial charge in [-0.2, -0.15) is 0 Å². The fraction of sp³-hybridized carbons (Fsp3) is 0.556. The van der Waals surface area contributed by atoms with Crippen LogP contribution in [0.25, 0.3) is 0 Å². The molecule has 0 unspecified atom stereocenters. The molecule has 2 N–H and O–H groups in total. The number of imide groups is 1. The standard InChI is InChI=1S/C18H27N3O5/c1-24-10-8-19-18(23)20-17(22)12-21-9-4-5-15(21)14-11-13(25-2)6-7-16(14)26-3/h6-7,11,15H,4-5,8-10,12H2,1-3H3,(H2,19,20,22,23)/t15-/m1/s1. The molecule has 26 heavy (non-hydrogen) atoms. The molecule has 0 radical (unpaired) electrons. The van der Waals surface area contributed by atoms with E-state index in [2.05, 4.69) is 15.5 Å². The van der Waals surface area contributed by atoms with Crippen LogP contribution in [0, 0.1) is 0 Å². The summed E-state index contributed by atoms with van der Waals surface area (Å²) in [6.07, 6.45) is 1.88. The van der Waals surface area contributed by atoms with Crippen molar-refractivity contribution in [3.63, 3.8) is 0 Å². The topological polar surface area (TPSA) is 89.1 Å². The molecule has 8 nitrogen and oxygen atoms in total. The van der Waals surface area contributed by atoms with Crippen molar-refractivity contribution in [1.82, 2.24) is 15.5 Å². The predicted octanol–water partition coefficient (Wildman–Crippen LogP) is 1.31.